The van der Waals surface area contributed by atoms with Crippen molar-refractivity contribution in [3.05, 3.63) is 59.5 Å². The van der Waals surface area contributed by atoms with E-state index in [0.717, 1.165) is 5.69 Å². The molecule has 3 N–H and O–H groups in total. The number of carbonyl (C=O) groups excluding carboxylic acids is 2. The predicted molar refractivity (Wildman–Crippen MR) is 106 cm³/mol. The van der Waals surface area contributed by atoms with Crippen LogP contribution in [0.1, 0.15) is 31.9 Å². The highest BCUT2D eigenvalue weighted by Crippen LogP contribution is 2.26. The van der Waals surface area contributed by atoms with Gasteiger partial charge in [-0.1, -0.05) is 32.9 Å². The number of imide groups is 1. The van der Waals surface area contributed by atoms with E-state index >= 15 is 0 Å². The second-order valence-corrected chi connectivity index (χ2v) is 7.60. The SMILES string of the molecule is CC(C)(C)c1cccc(Nc2ccn3ncc(/C=C4\NC(=O)NC4=O)c3n2)c1. The van der Waals surface area contributed by atoms with Gasteiger partial charge in [0.05, 0.1) is 6.20 Å². The van der Waals surface area contributed by atoms with Crippen LogP contribution in [0.5, 0.6) is 0 Å². The minimum atomic E-state index is -0.540. The number of hydrogen-bond acceptors (Lipinski definition) is 5. The molecule has 1 fully saturated rings. The Morgan fingerprint density at radius 3 is 2.68 bits per heavy atom. The molecule has 0 aliphatic carbocycles. The van der Waals surface area contributed by atoms with Gasteiger partial charge in [-0.2, -0.15) is 5.10 Å². The zero-order valence-corrected chi connectivity index (χ0v) is 15.8. The van der Waals surface area contributed by atoms with Crippen LogP contribution in [0.4, 0.5) is 16.3 Å². The molecule has 1 aliphatic heterocycles. The molecule has 1 aliphatic rings. The number of nitrogens with zero attached hydrogens (tertiary/aromatic N) is 3. The van der Waals surface area contributed by atoms with Crippen LogP contribution in [-0.4, -0.2) is 26.5 Å². The number of nitrogens with one attached hydrogen (secondary N) is 3. The highest BCUT2D eigenvalue weighted by atomic mass is 16.2. The monoisotopic (exact) mass is 376 g/mol. The van der Waals surface area contributed by atoms with Gasteiger partial charge in [0.2, 0.25) is 0 Å². The summed E-state index contributed by atoms with van der Waals surface area (Å²) < 4.78 is 1.61. The zero-order valence-electron chi connectivity index (χ0n) is 15.8. The summed E-state index contributed by atoms with van der Waals surface area (Å²) in [5.41, 5.74) is 3.56. The maximum atomic E-state index is 11.7. The summed E-state index contributed by atoms with van der Waals surface area (Å²) in [6.45, 7) is 6.50. The van der Waals surface area contributed by atoms with Crippen LogP contribution < -0.4 is 16.0 Å². The lowest BCUT2D eigenvalue weighted by molar-refractivity contribution is -0.115. The fraction of sp³-hybridized carbons (Fsp3) is 0.200. The average molecular weight is 376 g/mol. The topological polar surface area (TPSA) is 100 Å². The van der Waals surface area contributed by atoms with E-state index in [1.54, 1.807) is 23.0 Å². The second-order valence-electron chi connectivity index (χ2n) is 7.60. The molecule has 3 aromatic rings. The minimum Gasteiger partial charge on any atom is -0.340 e. The largest absolute Gasteiger partial charge is 0.340 e. The predicted octanol–water partition coefficient (Wildman–Crippen LogP) is 2.95. The van der Waals surface area contributed by atoms with Crippen molar-refractivity contribution < 1.29 is 9.59 Å². The Bertz CT molecular complexity index is 1120. The zero-order chi connectivity index (χ0) is 19.9. The number of amides is 3. The molecule has 142 valence electrons. The molecule has 4 rings (SSSR count). The van der Waals surface area contributed by atoms with Gasteiger partial charge in [-0.05, 0) is 35.3 Å². The molecular weight excluding hydrogens is 356 g/mol. The number of aromatic nitrogens is 3. The summed E-state index contributed by atoms with van der Waals surface area (Å²) in [6, 6.07) is 9.48. The Balaban J connectivity index is 1.66. The summed E-state index contributed by atoms with van der Waals surface area (Å²) >= 11 is 0. The molecule has 1 saturated heterocycles. The van der Waals surface area contributed by atoms with Gasteiger partial charge in [0.15, 0.2) is 5.65 Å². The van der Waals surface area contributed by atoms with Crippen molar-refractivity contribution in [2.24, 2.45) is 0 Å². The van der Waals surface area contributed by atoms with E-state index in [9.17, 15) is 9.59 Å². The number of rotatable bonds is 3. The first-order valence-electron chi connectivity index (χ1n) is 8.85. The lowest BCUT2D eigenvalue weighted by atomic mass is 9.87. The fourth-order valence-corrected chi connectivity index (χ4v) is 2.91. The minimum absolute atomic E-state index is 0.0478. The summed E-state index contributed by atoms with van der Waals surface area (Å²) in [5, 5.41) is 12.2. The summed E-state index contributed by atoms with van der Waals surface area (Å²) in [5.74, 6) is 0.177. The second kappa shape index (κ2) is 6.49. The number of benzene rings is 1. The standard InChI is InChI=1S/C20H20N6O2/c1-20(2,3)13-5-4-6-14(10-13)22-16-7-8-26-17(24-16)12(11-21-26)9-15-18(27)25-19(28)23-15/h4-11H,1-3H3,(H,22,24)(H2,23,25,27,28)/b15-9-. The maximum Gasteiger partial charge on any atom is 0.326 e. The van der Waals surface area contributed by atoms with Gasteiger partial charge in [-0.3, -0.25) is 10.1 Å². The van der Waals surface area contributed by atoms with Gasteiger partial charge in [0.1, 0.15) is 11.5 Å². The van der Waals surface area contributed by atoms with Crippen molar-refractivity contribution in [3.63, 3.8) is 0 Å². The van der Waals surface area contributed by atoms with E-state index in [-0.39, 0.29) is 11.1 Å². The number of urea groups is 1. The van der Waals surface area contributed by atoms with Crippen LogP contribution in [0.2, 0.25) is 0 Å². The van der Waals surface area contributed by atoms with Crippen molar-refractivity contribution in [1.29, 1.82) is 0 Å². The van der Waals surface area contributed by atoms with Gasteiger partial charge >= 0.3 is 6.03 Å². The highest BCUT2D eigenvalue weighted by Gasteiger charge is 2.23. The molecule has 28 heavy (non-hydrogen) atoms. The van der Waals surface area contributed by atoms with Crippen LogP contribution in [0.3, 0.4) is 0 Å². The molecule has 1 aromatic carbocycles. The van der Waals surface area contributed by atoms with Crippen molar-refractivity contribution in [2.45, 2.75) is 26.2 Å². The fourth-order valence-electron chi connectivity index (χ4n) is 2.91. The first-order valence-corrected chi connectivity index (χ1v) is 8.85. The molecule has 0 saturated carbocycles. The van der Waals surface area contributed by atoms with Crippen molar-refractivity contribution in [3.8, 4) is 0 Å². The molecule has 3 heterocycles. The van der Waals surface area contributed by atoms with E-state index in [2.05, 4.69) is 58.9 Å². The van der Waals surface area contributed by atoms with Gasteiger partial charge in [0, 0.05) is 17.4 Å². The molecule has 0 radical (unpaired) electrons. The van der Waals surface area contributed by atoms with Crippen LogP contribution in [0.25, 0.3) is 11.7 Å². The van der Waals surface area contributed by atoms with E-state index in [1.807, 2.05) is 18.2 Å². The molecule has 0 bridgehead atoms. The molecule has 0 unspecified atom stereocenters. The number of hydrogen-bond donors (Lipinski definition) is 3. The van der Waals surface area contributed by atoms with Crippen LogP contribution >= 0.6 is 0 Å². The van der Waals surface area contributed by atoms with Gasteiger partial charge in [0.25, 0.3) is 5.91 Å². The lowest BCUT2D eigenvalue weighted by Gasteiger charge is -2.20. The third-order valence-electron chi connectivity index (χ3n) is 4.42. The molecule has 0 atom stereocenters. The number of fused-ring (bicyclic) bond motifs is 1. The normalized spacial score (nSPS) is 15.8. The van der Waals surface area contributed by atoms with Crippen LogP contribution in [0.15, 0.2) is 48.4 Å². The van der Waals surface area contributed by atoms with Gasteiger partial charge in [-0.25, -0.2) is 14.3 Å². The third kappa shape index (κ3) is 3.44. The van der Waals surface area contributed by atoms with Gasteiger partial charge < -0.3 is 10.6 Å². The van der Waals surface area contributed by atoms with Crippen molar-refractivity contribution >= 4 is 35.2 Å². The average Bonchev–Trinajstić information content (AvgIpc) is 3.17. The first-order chi connectivity index (χ1) is 13.3. The van der Waals surface area contributed by atoms with E-state index in [0.29, 0.717) is 17.0 Å². The number of carbonyl (C=O) groups is 2. The first kappa shape index (κ1) is 17.7. The molecule has 0 spiro atoms. The molecule has 8 nitrogen and oxygen atoms in total. The van der Waals surface area contributed by atoms with Gasteiger partial charge in [-0.15, -0.1) is 0 Å². The molecule has 2 aromatic heterocycles. The summed E-state index contributed by atoms with van der Waals surface area (Å²) in [7, 11) is 0. The van der Waals surface area contributed by atoms with Crippen molar-refractivity contribution in [2.75, 3.05) is 5.32 Å². The Labute approximate surface area is 161 Å². The Kier molecular flexibility index (Phi) is 4.11. The Morgan fingerprint density at radius 1 is 1.14 bits per heavy atom. The quantitative estimate of drug-likeness (QED) is 0.482. The highest BCUT2D eigenvalue weighted by molar-refractivity contribution is 6.14. The molecular formula is C20H20N6O2. The van der Waals surface area contributed by atoms with E-state index in [4.69, 9.17) is 0 Å². The third-order valence-corrected chi connectivity index (χ3v) is 4.42. The van der Waals surface area contributed by atoms with E-state index < -0.39 is 11.9 Å². The lowest BCUT2D eigenvalue weighted by Crippen LogP contribution is -2.22. The Morgan fingerprint density at radius 2 is 1.96 bits per heavy atom. The van der Waals surface area contributed by atoms with Crippen LogP contribution in [-0.2, 0) is 10.2 Å². The maximum absolute atomic E-state index is 11.7. The number of anilines is 2. The molecule has 8 heteroatoms. The van der Waals surface area contributed by atoms with Crippen molar-refractivity contribution in [1.82, 2.24) is 25.2 Å². The summed E-state index contributed by atoms with van der Waals surface area (Å²) in [4.78, 5) is 27.6. The van der Waals surface area contributed by atoms with Crippen LogP contribution in [0, 0.1) is 0 Å². The Hall–Kier alpha value is -3.68. The molecule has 3 amide bonds. The smallest absolute Gasteiger partial charge is 0.326 e. The summed E-state index contributed by atoms with van der Waals surface area (Å²) in [6.07, 6.45) is 4.93. The van der Waals surface area contributed by atoms with E-state index in [1.165, 1.54) is 5.56 Å².